The predicted octanol–water partition coefficient (Wildman–Crippen LogP) is 7.16. The number of halogens is 1. The predicted molar refractivity (Wildman–Crippen MR) is 132 cm³/mol. The molecule has 3 heterocycles. The first-order valence-corrected chi connectivity index (χ1v) is 11.3. The Bertz CT molecular complexity index is 1710. The van der Waals surface area contributed by atoms with Gasteiger partial charge in [-0.2, -0.15) is 0 Å². The highest BCUT2D eigenvalue weighted by atomic mass is 19.1. The van der Waals surface area contributed by atoms with Gasteiger partial charge in [-0.05, 0) is 72.0 Å². The van der Waals surface area contributed by atoms with Crippen LogP contribution in [0.25, 0.3) is 49.0 Å². The van der Waals surface area contributed by atoms with Crippen molar-refractivity contribution in [3.8, 4) is 0 Å². The molecule has 0 aliphatic rings. The van der Waals surface area contributed by atoms with Crippen molar-refractivity contribution in [2.75, 3.05) is 0 Å². The molecule has 3 aromatic carbocycles. The summed E-state index contributed by atoms with van der Waals surface area (Å²) in [7, 11) is 2.12. The number of hydrogen-bond donors (Lipinski definition) is 0. The smallest absolute Gasteiger partial charge is 0.224 e. The van der Waals surface area contributed by atoms with E-state index in [9.17, 15) is 0 Å². The van der Waals surface area contributed by atoms with Gasteiger partial charge in [0.25, 0.3) is 0 Å². The van der Waals surface area contributed by atoms with Crippen molar-refractivity contribution in [2.24, 2.45) is 12.5 Å². The maximum Gasteiger partial charge on any atom is 0.224 e. The van der Waals surface area contributed by atoms with Gasteiger partial charge in [-0.25, -0.2) is 8.96 Å². The fourth-order valence-corrected chi connectivity index (χ4v) is 5.69. The summed E-state index contributed by atoms with van der Waals surface area (Å²) in [5.41, 5.74) is 8.40. The van der Waals surface area contributed by atoms with Crippen molar-refractivity contribution in [1.29, 1.82) is 0 Å². The van der Waals surface area contributed by atoms with Gasteiger partial charge in [-0.15, -0.1) is 0 Å². The Morgan fingerprint density at radius 2 is 1.72 bits per heavy atom. The fourth-order valence-electron chi connectivity index (χ4n) is 5.69. The summed E-state index contributed by atoms with van der Waals surface area (Å²) in [6.07, 6.45) is 3.15. The van der Waals surface area contributed by atoms with E-state index in [0.717, 1.165) is 33.7 Å². The summed E-state index contributed by atoms with van der Waals surface area (Å²) in [4.78, 5) is 0. The van der Waals surface area contributed by atoms with Crippen LogP contribution in [0.2, 0.25) is 0 Å². The SMILES string of the molecule is Cc1cc2c3c(F)cccc3n3c4cc(CC(C)(C)C)cc5cc[n+](C)c(c(c1C)c23)c54. The Kier molecular flexibility index (Phi) is 3.77. The third-order valence-corrected chi connectivity index (χ3v) is 7.03. The van der Waals surface area contributed by atoms with Crippen LogP contribution in [-0.2, 0) is 13.5 Å². The summed E-state index contributed by atoms with van der Waals surface area (Å²) in [6, 6.07) is 14.5. The highest BCUT2D eigenvalue weighted by Gasteiger charge is 2.26. The van der Waals surface area contributed by atoms with Gasteiger partial charge in [0, 0.05) is 16.8 Å². The minimum Gasteiger partial charge on any atom is -0.307 e. The van der Waals surface area contributed by atoms with Crippen LogP contribution >= 0.6 is 0 Å². The van der Waals surface area contributed by atoms with E-state index in [1.54, 1.807) is 6.07 Å². The third kappa shape index (κ3) is 2.48. The number of aromatic nitrogens is 2. The van der Waals surface area contributed by atoms with Gasteiger partial charge < -0.3 is 4.40 Å². The normalized spacial score (nSPS) is 13.0. The Hall–Kier alpha value is -3.20. The summed E-state index contributed by atoms with van der Waals surface area (Å²) in [5.74, 6) is -0.155. The molecule has 6 rings (SSSR count). The molecule has 0 amide bonds. The number of pyridine rings is 2. The average Bonchev–Trinajstić information content (AvgIpc) is 3.04. The molecule has 0 N–H and O–H groups in total. The van der Waals surface area contributed by atoms with Crippen molar-refractivity contribution in [1.82, 2.24) is 4.40 Å². The number of hydrogen-bond acceptors (Lipinski definition) is 0. The molecule has 32 heavy (non-hydrogen) atoms. The van der Waals surface area contributed by atoms with E-state index in [2.05, 4.69) is 87.2 Å². The zero-order chi connectivity index (χ0) is 22.5. The lowest BCUT2D eigenvalue weighted by Crippen LogP contribution is -2.29. The van der Waals surface area contributed by atoms with Crippen molar-refractivity contribution >= 4 is 49.0 Å². The average molecular weight is 424 g/mol. The third-order valence-electron chi connectivity index (χ3n) is 7.03. The van der Waals surface area contributed by atoms with E-state index in [1.807, 2.05) is 6.07 Å². The Balaban J connectivity index is 2.00. The highest BCUT2D eigenvalue weighted by Crippen LogP contribution is 2.42. The zero-order valence-electron chi connectivity index (χ0n) is 19.6. The van der Waals surface area contributed by atoms with E-state index >= 15 is 4.39 Å². The van der Waals surface area contributed by atoms with Crippen molar-refractivity contribution in [2.45, 2.75) is 41.0 Å². The number of fused-ring (bicyclic) bond motifs is 5. The molecule has 2 nitrogen and oxygen atoms in total. The van der Waals surface area contributed by atoms with Crippen LogP contribution < -0.4 is 4.57 Å². The van der Waals surface area contributed by atoms with E-state index < -0.39 is 0 Å². The van der Waals surface area contributed by atoms with Crippen LogP contribution in [0.5, 0.6) is 0 Å². The van der Waals surface area contributed by atoms with Gasteiger partial charge in [0.2, 0.25) is 5.52 Å². The van der Waals surface area contributed by atoms with Crippen molar-refractivity contribution < 1.29 is 8.96 Å². The van der Waals surface area contributed by atoms with Crippen LogP contribution in [0, 0.1) is 25.1 Å². The van der Waals surface area contributed by atoms with Gasteiger partial charge >= 0.3 is 0 Å². The topological polar surface area (TPSA) is 8.29 Å². The largest absolute Gasteiger partial charge is 0.307 e. The van der Waals surface area contributed by atoms with E-state index in [0.29, 0.717) is 0 Å². The first-order chi connectivity index (χ1) is 15.2. The van der Waals surface area contributed by atoms with Gasteiger partial charge in [0.15, 0.2) is 6.20 Å². The Morgan fingerprint density at radius 1 is 0.938 bits per heavy atom. The molecule has 3 aromatic heterocycles. The van der Waals surface area contributed by atoms with Gasteiger partial charge in [0.1, 0.15) is 12.9 Å². The number of benzene rings is 3. The molecular formula is C29H28FN2+. The standard InChI is InChI=1S/C29H28FN2/c1-16-12-20-26-21(30)8-7-9-22(26)32-23-14-18(15-29(3,4)5)13-19-10-11-31(6)28(25(19)23)24(17(16)2)27(20)32/h7-14H,15H2,1-6H3/q+1. The summed E-state index contributed by atoms with van der Waals surface area (Å²) >= 11 is 0. The highest BCUT2D eigenvalue weighted by molar-refractivity contribution is 6.26. The van der Waals surface area contributed by atoms with Crippen LogP contribution in [-0.4, -0.2) is 4.40 Å². The fraction of sp³-hybridized carbons (Fsp3) is 0.276. The molecule has 0 spiro atoms. The van der Waals surface area contributed by atoms with E-state index in [1.165, 1.54) is 38.4 Å². The first-order valence-electron chi connectivity index (χ1n) is 11.3. The Labute approximate surface area is 187 Å². The molecule has 0 unspecified atom stereocenters. The minimum atomic E-state index is -0.155. The quantitative estimate of drug-likeness (QED) is 0.151. The van der Waals surface area contributed by atoms with Crippen molar-refractivity contribution in [3.63, 3.8) is 0 Å². The lowest BCUT2D eigenvalue weighted by atomic mass is 9.87. The summed E-state index contributed by atoms with van der Waals surface area (Å²) in [6.45, 7) is 11.2. The maximum absolute atomic E-state index is 15.2. The molecule has 3 heteroatoms. The second kappa shape index (κ2) is 6.19. The molecule has 0 saturated heterocycles. The van der Waals surface area contributed by atoms with Crippen LogP contribution in [0.15, 0.2) is 48.7 Å². The monoisotopic (exact) mass is 423 g/mol. The number of aryl methyl sites for hydroxylation is 3. The molecule has 0 atom stereocenters. The molecule has 0 aliphatic heterocycles. The molecule has 0 radical (unpaired) electrons. The molecular weight excluding hydrogens is 395 g/mol. The zero-order valence-corrected chi connectivity index (χ0v) is 19.6. The second-order valence-electron chi connectivity index (χ2n) is 10.7. The van der Waals surface area contributed by atoms with Gasteiger partial charge in [-0.1, -0.05) is 32.9 Å². The van der Waals surface area contributed by atoms with Gasteiger partial charge in [0.05, 0.1) is 27.3 Å². The van der Waals surface area contributed by atoms with E-state index in [4.69, 9.17) is 0 Å². The van der Waals surface area contributed by atoms with E-state index in [-0.39, 0.29) is 11.2 Å². The lowest BCUT2D eigenvalue weighted by Gasteiger charge is -2.20. The maximum atomic E-state index is 15.2. The number of nitrogens with zero attached hydrogens (tertiary/aromatic N) is 2. The minimum absolute atomic E-state index is 0.155. The van der Waals surface area contributed by atoms with Crippen LogP contribution in [0.3, 0.4) is 0 Å². The molecule has 160 valence electrons. The first kappa shape index (κ1) is 19.5. The van der Waals surface area contributed by atoms with Crippen molar-refractivity contribution in [3.05, 3.63) is 71.2 Å². The van der Waals surface area contributed by atoms with Crippen LogP contribution in [0.4, 0.5) is 4.39 Å². The summed E-state index contributed by atoms with van der Waals surface area (Å²) in [5, 5.41) is 5.43. The van der Waals surface area contributed by atoms with Crippen LogP contribution in [0.1, 0.15) is 37.5 Å². The second-order valence-corrected chi connectivity index (χ2v) is 10.7. The molecule has 0 saturated carbocycles. The molecule has 6 aromatic rings. The lowest BCUT2D eigenvalue weighted by molar-refractivity contribution is -0.643. The van der Waals surface area contributed by atoms with Gasteiger partial charge in [-0.3, -0.25) is 0 Å². The molecule has 0 bridgehead atoms. The summed E-state index contributed by atoms with van der Waals surface area (Å²) < 4.78 is 19.8. The number of rotatable bonds is 1. The molecule has 0 fully saturated rings. The Morgan fingerprint density at radius 3 is 2.47 bits per heavy atom. The molecule has 0 aliphatic carbocycles.